The number of aryl methyl sites for hydroxylation is 1. The van der Waals surface area contributed by atoms with E-state index in [4.69, 9.17) is 5.73 Å². The highest BCUT2D eigenvalue weighted by atomic mass is 14.9. The molecule has 1 unspecified atom stereocenters. The van der Waals surface area contributed by atoms with E-state index in [2.05, 4.69) is 70.6 Å². The second-order valence-corrected chi connectivity index (χ2v) is 8.75. The highest BCUT2D eigenvalue weighted by Gasteiger charge is 2.22. The Bertz CT molecular complexity index is 1190. The summed E-state index contributed by atoms with van der Waals surface area (Å²) in [7, 11) is 0. The van der Waals surface area contributed by atoms with Crippen LogP contribution in [0.3, 0.4) is 0 Å². The lowest BCUT2D eigenvalue weighted by Crippen LogP contribution is -2.22. The molecule has 0 radical (unpaired) electrons. The quantitative estimate of drug-likeness (QED) is 0.352. The molecule has 2 heterocycles. The molecule has 0 saturated carbocycles. The Labute approximate surface area is 197 Å². The first-order chi connectivity index (χ1) is 15.9. The number of H-pyrrole nitrogens is 1. The number of nitriles is 1. The maximum atomic E-state index is 9.38. The van der Waals surface area contributed by atoms with Crippen molar-refractivity contribution in [2.45, 2.75) is 58.4 Å². The Kier molecular flexibility index (Phi) is 7.98. The minimum absolute atomic E-state index is 0.362. The minimum Gasteiger partial charge on any atom is -0.382 e. The lowest BCUT2D eigenvalue weighted by molar-refractivity contribution is 0.643. The van der Waals surface area contributed by atoms with E-state index >= 15 is 0 Å². The Morgan fingerprint density at radius 2 is 2.03 bits per heavy atom. The number of fused-ring (bicyclic) bond motifs is 1. The topological polar surface area (TPSA) is 103 Å². The Morgan fingerprint density at radius 1 is 1.21 bits per heavy atom. The number of pyridine rings is 1. The van der Waals surface area contributed by atoms with Gasteiger partial charge in [0.25, 0.3) is 0 Å². The summed E-state index contributed by atoms with van der Waals surface area (Å²) in [6.07, 6.45) is 4.63. The molecular formula is C27H34N6. The highest BCUT2D eigenvalue weighted by molar-refractivity contribution is 5.93. The van der Waals surface area contributed by atoms with Crippen LogP contribution in [0.5, 0.6) is 0 Å². The second-order valence-electron chi connectivity index (χ2n) is 8.75. The van der Waals surface area contributed by atoms with Crippen LogP contribution in [0.25, 0.3) is 10.9 Å². The van der Waals surface area contributed by atoms with E-state index in [0.29, 0.717) is 19.1 Å². The molecule has 6 heteroatoms. The van der Waals surface area contributed by atoms with E-state index in [9.17, 15) is 5.26 Å². The number of anilines is 2. The van der Waals surface area contributed by atoms with Crippen molar-refractivity contribution in [3.8, 4) is 17.9 Å². The van der Waals surface area contributed by atoms with Crippen LogP contribution in [0.2, 0.25) is 0 Å². The van der Waals surface area contributed by atoms with Gasteiger partial charge in [-0.2, -0.15) is 5.26 Å². The molecule has 0 aliphatic rings. The summed E-state index contributed by atoms with van der Waals surface area (Å²) < 4.78 is 0. The van der Waals surface area contributed by atoms with Crippen LogP contribution in [0.1, 0.15) is 57.5 Å². The molecule has 0 aliphatic carbocycles. The van der Waals surface area contributed by atoms with Gasteiger partial charge in [0.05, 0.1) is 41.3 Å². The van der Waals surface area contributed by atoms with Gasteiger partial charge in [0.2, 0.25) is 0 Å². The summed E-state index contributed by atoms with van der Waals surface area (Å²) in [6, 6.07) is 13.0. The van der Waals surface area contributed by atoms with Gasteiger partial charge >= 0.3 is 0 Å². The van der Waals surface area contributed by atoms with E-state index in [1.54, 1.807) is 6.20 Å². The third kappa shape index (κ3) is 5.86. The number of nitrogens with one attached hydrogen (secondary N) is 3. The van der Waals surface area contributed by atoms with Crippen molar-refractivity contribution in [2.24, 2.45) is 5.73 Å². The number of hydrogen-bond acceptors (Lipinski definition) is 5. The number of nitrogens with two attached hydrogens (primary N) is 1. The summed E-state index contributed by atoms with van der Waals surface area (Å²) >= 11 is 0. The maximum absolute atomic E-state index is 9.38. The molecule has 0 fully saturated rings. The van der Waals surface area contributed by atoms with Crippen molar-refractivity contribution < 1.29 is 0 Å². The fraction of sp³-hybridized carbons (Fsp3) is 0.407. The predicted molar refractivity (Wildman–Crippen MR) is 137 cm³/mol. The molecule has 33 heavy (non-hydrogen) atoms. The van der Waals surface area contributed by atoms with Crippen LogP contribution in [-0.4, -0.2) is 29.1 Å². The molecule has 2 aromatic heterocycles. The zero-order chi connectivity index (χ0) is 23.8. The second kappa shape index (κ2) is 10.9. The summed E-state index contributed by atoms with van der Waals surface area (Å²) in [6.45, 7) is 9.22. The molecule has 1 aromatic carbocycles. The van der Waals surface area contributed by atoms with Crippen LogP contribution < -0.4 is 16.4 Å². The van der Waals surface area contributed by atoms with Gasteiger partial charge in [-0.25, -0.2) is 0 Å². The van der Waals surface area contributed by atoms with Gasteiger partial charge < -0.3 is 21.4 Å². The number of rotatable bonds is 9. The first kappa shape index (κ1) is 24.2. The summed E-state index contributed by atoms with van der Waals surface area (Å²) in [4.78, 5) is 7.90. The van der Waals surface area contributed by atoms with Crippen molar-refractivity contribution in [1.29, 1.82) is 5.26 Å². The van der Waals surface area contributed by atoms with Crippen molar-refractivity contribution in [3.63, 3.8) is 0 Å². The van der Waals surface area contributed by atoms with Gasteiger partial charge in [-0.15, -0.1) is 0 Å². The monoisotopic (exact) mass is 442 g/mol. The predicted octanol–water partition coefficient (Wildman–Crippen LogP) is 4.93. The summed E-state index contributed by atoms with van der Waals surface area (Å²) in [5.41, 5.74) is 11.1. The van der Waals surface area contributed by atoms with Gasteiger partial charge in [0.1, 0.15) is 0 Å². The molecular weight excluding hydrogens is 408 g/mol. The van der Waals surface area contributed by atoms with E-state index < -0.39 is 5.41 Å². The molecule has 0 spiro atoms. The van der Waals surface area contributed by atoms with E-state index in [0.717, 1.165) is 58.5 Å². The zero-order valence-electron chi connectivity index (χ0n) is 20.0. The van der Waals surface area contributed by atoms with Crippen LogP contribution in [-0.2, 0) is 11.8 Å². The number of benzene rings is 1. The lowest BCUT2D eigenvalue weighted by atomic mass is 9.89. The van der Waals surface area contributed by atoms with Crippen LogP contribution in [0.15, 0.2) is 36.5 Å². The number of aromatic amines is 1. The normalized spacial score (nSPS) is 12.0. The largest absolute Gasteiger partial charge is 0.382 e. The van der Waals surface area contributed by atoms with Crippen LogP contribution >= 0.6 is 0 Å². The van der Waals surface area contributed by atoms with Crippen molar-refractivity contribution in [2.75, 3.05) is 23.7 Å². The Hall–Kier alpha value is -3.48. The number of nitrogens with zero attached hydrogens (tertiary/aromatic N) is 2. The molecule has 0 amide bonds. The third-order valence-corrected chi connectivity index (χ3v) is 5.91. The molecule has 0 bridgehead atoms. The standard InChI is InChI=1S/C27H34N6/c1-5-19-15-26(27(3,4)18-29)31-17-25(19)30-14-8-9-21-16-22-23(10-7-11-24(22)33-21)32-20(6-2)12-13-28/h7,10-11,15-17,20,30,32-33H,5-6,12-14,28H2,1-4H3. The summed E-state index contributed by atoms with van der Waals surface area (Å²) in [5, 5.41) is 17.5. The maximum Gasteiger partial charge on any atom is 0.0937 e. The molecule has 3 aromatic rings. The average molecular weight is 443 g/mol. The molecule has 1 atom stereocenters. The van der Waals surface area contributed by atoms with E-state index in [1.165, 1.54) is 0 Å². The van der Waals surface area contributed by atoms with E-state index in [-0.39, 0.29) is 0 Å². The van der Waals surface area contributed by atoms with Crippen LogP contribution in [0, 0.1) is 23.2 Å². The minimum atomic E-state index is -0.604. The van der Waals surface area contributed by atoms with Gasteiger partial charge in [0, 0.05) is 22.6 Å². The fourth-order valence-corrected chi connectivity index (χ4v) is 3.77. The third-order valence-electron chi connectivity index (χ3n) is 5.91. The SMILES string of the molecule is CCc1cc(C(C)(C)C#N)ncc1NCC#Cc1cc2c(NC(CC)CCN)cccc2[nH]1. The first-order valence-electron chi connectivity index (χ1n) is 11.6. The molecule has 6 nitrogen and oxygen atoms in total. The Morgan fingerprint density at radius 3 is 2.73 bits per heavy atom. The average Bonchev–Trinajstić information content (AvgIpc) is 3.25. The molecule has 172 valence electrons. The first-order valence-corrected chi connectivity index (χ1v) is 11.6. The van der Waals surface area contributed by atoms with Crippen molar-refractivity contribution >= 4 is 22.3 Å². The number of hydrogen-bond donors (Lipinski definition) is 4. The Balaban J connectivity index is 1.72. The van der Waals surface area contributed by atoms with Gasteiger partial charge in [0.15, 0.2) is 0 Å². The fourth-order valence-electron chi connectivity index (χ4n) is 3.77. The van der Waals surface area contributed by atoms with Gasteiger partial charge in [-0.1, -0.05) is 25.8 Å². The van der Waals surface area contributed by atoms with Gasteiger partial charge in [-0.05, 0) is 75.4 Å². The lowest BCUT2D eigenvalue weighted by Gasteiger charge is -2.18. The smallest absolute Gasteiger partial charge is 0.0937 e. The molecule has 0 saturated heterocycles. The molecule has 5 N–H and O–H groups in total. The van der Waals surface area contributed by atoms with Crippen LogP contribution in [0.4, 0.5) is 11.4 Å². The van der Waals surface area contributed by atoms with Gasteiger partial charge in [-0.3, -0.25) is 4.98 Å². The molecule has 0 aliphatic heterocycles. The zero-order valence-corrected chi connectivity index (χ0v) is 20.0. The molecule has 3 rings (SSSR count). The van der Waals surface area contributed by atoms with Crippen molar-refractivity contribution in [3.05, 3.63) is 53.5 Å². The van der Waals surface area contributed by atoms with Crippen molar-refractivity contribution in [1.82, 2.24) is 9.97 Å². The number of aromatic nitrogens is 2. The van der Waals surface area contributed by atoms with E-state index in [1.807, 2.05) is 26.0 Å². The summed E-state index contributed by atoms with van der Waals surface area (Å²) in [5.74, 6) is 6.43. The highest BCUT2D eigenvalue weighted by Crippen LogP contribution is 2.26.